The van der Waals surface area contributed by atoms with E-state index in [2.05, 4.69) is 52.3 Å². The van der Waals surface area contributed by atoms with Crippen molar-refractivity contribution in [2.24, 2.45) is 11.8 Å². The van der Waals surface area contributed by atoms with Crippen molar-refractivity contribution in [2.45, 2.75) is 19.3 Å². The maximum atomic E-state index is 12.6. The van der Waals surface area contributed by atoms with E-state index in [1.54, 1.807) is 0 Å². The van der Waals surface area contributed by atoms with Crippen LogP contribution < -0.4 is 4.90 Å². The van der Waals surface area contributed by atoms with E-state index in [0.717, 1.165) is 56.1 Å². The van der Waals surface area contributed by atoms with Gasteiger partial charge in [0.25, 0.3) is 0 Å². The number of hydrogen-bond acceptors (Lipinski definition) is 4. The van der Waals surface area contributed by atoms with Gasteiger partial charge in [-0.25, -0.2) is 9.97 Å². The number of likely N-dealkylation sites (tertiary alicyclic amines) is 1. The van der Waals surface area contributed by atoms with E-state index in [1.165, 1.54) is 10.8 Å². The number of rotatable bonds is 3. The monoisotopic (exact) mass is 386 g/mol. The first kappa shape index (κ1) is 18.1. The predicted octanol–water partition coefficient (Wildman–Crippen LogP) is 3.99. The number of piperidine rings is 1. The van der Waals surface area contributed by atoms with Crippen molar-refractivity contribution in [1.29, 1.82) is 0 Å². The van der Waals surface area contributed by atoms with Gasteiger partial charge < -0.3 is 9.80 Å². The maximum absolute atomic E-state index is 12.6. The maximum Gasteiger partial charge on any atom is 0.225 e. The lowest BCUT2D eigenvalue weighted by Crippen LogP contribution is -2.42. The van der Waals surface area contributed by atoms with Gasteiger partial charge in [-0.05, 0) is 48.1 Å². The fourth-order valence-corrected chi connectivity index (χ4v) is 4.81. The van der Waals surface area contributed by atoms with E-state index < -0.39 is 0 Å². The molecule has 5 rings (SSSR count). The lowest BCUT2D eigenvalue weighted by atomic mass is 9.84. The molecular formula is C24H26N4O. The molecule has 1 aromatic heterocycles. The van der Waals surface area contributed by atoms with Crippen LogP contribution >= 0.6 is 0 Å². The molecule has 0 radical (unpaired) electrons. The number of nitrogens with zero attached hydrogens (tertiary/aromatic N) is 4. The molecule has 2 unspecified atom stereocenters. The lowest BCUT2D eigenvalue weighted by molar-refractivity contribution is -0.138. The van der Waals surface area contributed by atoms with Gasteiger partial charge in [0.15, 0.2) is 0 Å². The molecule has 29 heavy (non-hydrogen) atoms. The number of carbonyl (C=O) groups excluding carboxylic acids is 1. The predicted molar refractivity (Wildman–Crippen MR) is 116 cm³/mol. The second-order valence-electron chi connectivity index (χ2n) is 8.31. The second kappa shape index (κ2) is 7.47. The number of aromatic nitrogens is 2. The van der Waals surface area contributed by atoms with Crippen LogP contribution in [0.1, 0.15) is 19.3 Å². The Morgan fingerprint density at radius 3 is 2.76 bits per heavy atom. The Hall–Kier alpha value is -2.95. The van der Waals surface area contributed by atoms with Gasteiger partial charge in [-0.15, -0.1) is 0 Å². The van der Waals surface area contributed by atoms with Crippen molar-refractivity contribution in [3.8, 4) is 11.3 Å². The van der Waals surface area contributed by atoms with Crippen molar-refractivity contribution in [3.05, 3.63) is 54.7 Å². The summed E-state index contributed by atoms with van der Waals surface area (Å²) in [4.78, 5) is 26.1. The zero-order chi connectivity index (χ0) is 19.8. The molecule has 2 atom stereocenters. The first-order valence-electron chi connectivity index (χ1n) is 10.5. The Labute approximate surface area is 171 Å². The van der Waals surface area contributed by atoms with Gasteiger partial charge in [0.05, 0.1) is 5.69 Å². The quantitative estimate of drug-likeness (QED) is 0.683. The van der Waals surface area contributed by atoms with Crippen molar-refractivity contribution < 1.29 is 4.79 Å². The summed E-state index contributed by atoms with van der Waals surface area (Å²) < 4.78 is 0. The molecule has 2 fully saturated rings. The van der Waals surface area contributed by atoms with E-state index >= 15 is 0 Å². The van der Waals surface area contributed by atoms with E-state index in [4.69, 9.17) is 4.98 Å². The molecule has 5 heteroatoms. The molecule has 2 aromatic carbocycles. The number of anilines is 1. The molecule has 0 spiro atoms. The summed E-state index contributed by atoms with van der Waals surface area (Å²) in [6.07, 6.45) is 5.00. The fraction of sp³-hybridized carbons (Fsp3) is 0.375. The molecule has 0 aliphatic carbocycles. The Morgan fingerprint density at radius 1 is 1.00 bits per heavy atom. The van der Waals surface area contributed by atoms with E-state index in [0.29, 0.717) is 11.8 Å². The molecule has 1 amide bonds. The molecule has 2 aliphatic heterocycles. The van der Waals surface area contributed by atoms with Crippen LogP contribution in [0.25, 0.3) is 22.0 Å². The molecule has 3 heterocycles. The molecule has 2 aliphatic rings. The highest BCUT2D eigenvalue weighted by Gasteiger charge is 2.37. The molecule has 0 saturated carbocycles. The van der Waals surface area contributed by atoms with Gasteiger partial charge in [0, 0.05) is 44.4 Å². The Morgan fingerprint density at radius 2 is 1.86 bits per heavy atom. The number of hydrogen-bond donors (Lipinski definition) is 0. The molecule has 2 saturated heterocycles. The summed E-state index contributed by atoms with van der Waals surface area (Å²) in [5.74, 6) is 1.64. The smallest absolute Gasteiger partial charge is 0.225 e. The summed E-state index contributed by atoms with van der Waals surface area (Å²) >= 11 is 0. The summed E-state index contributed by atoms with van der Waals surface area (Å²) in [6, 6.07) is 16.8. The molecule has 0 bridgehead atoms. The topological polar surface area (TPSA) is 49.3 Å². The van der Waals surface area contributed by atoms with Crippen LogP contribution in [-0.2, 0) is 4.79 Å². The second-order valence-corrected chi connectivity index (χ2v) is 8.31. The number of amides is 1. The Bertz CT molecular complexity index is 1050. The lowest BCUT2D eigenvalue weighted by Gasteiger charge is -2.32. The molecule has 5 nitrogen and oxygen atoms in total. The summed E-state index contributed by atoms with van der Waals surface area (Å²) in [7, 11) is 1.93. The highest BCUT2D eigenvalue weighted by atomic mass is 16.2. The van der Waals surface area contributed by atoms with Gasteiger partial charge >= 0.3 is 0 Å². The number of benzene rings is 2. The zero-order valence-electron chi connectivity index (χ0n) is 16.8. The van der Waals surface area contributed by atoms with Crippen LogP contribution in [-0.4, -0.2) is 47.5 Å². The minimum absolute atomic E-state index is 0.155. The highest BCUT2D eigenvalue weighted by molar-refractivity contribution is 5.86. The third kappa shape index (κ3) is 3.46. The fourth-order valence-electron chi connectivity index (χ4n) is 4.81. The van der Waals surface area contributed by atoms with Gasteiger partial charge in [0.1, 0.15) is 0 Å². The average molecular weight is 386 g/mol. The van der Waals surface area contributed by atoms with Crippen LogP contribution in [0, 0.1) is 11.8 Å². The van der Waals surface area contributed by atoms with Crippen molar-refractivity contribution in [1.82, 2.24) is 14.9 Å². The first-order chi connectivity index (χ1) is 14.2. The van der Waals surface area contributed by atoms with Gasteiger partial charge in [-0.1, -0.05) is 36.4 Å². The van der Waals surface area contributed by atoms with Crippen molar-refractivity contribution in [3.63, 3.8) is 0 Å². The van der Waals surface area contributed by atoms with E-state index in [9.17, 15) is 4.79 Å². The van der Waals surface area contributed by atoms with Crippen LogP contribution in [0.4, 0.5) is 5.95 Å². The van der Waals surface area contributed by atoms with Crippen LogP contribution in [0.2, 0.25) is 0 Å². The number of fused-ring (bicyclic) bond motifs is 1. The molecule has 3 aromatic rings. The Kier molecular flexibility index (Phi) is 4.66. The summed E-state index contributed by atoms with van der Waals surface area (Å²) in [6.45, 7) is 2.67. The zero-order valence-corrected chi connectivity index (χ0v) is 16.8. The molecule has 148 valence electrons. The number of carbonyl (C=O) groups is 1. The van der Waals surface area contributed by atoms with E-state index in [-0.39, 0.29) is 5.92 Å². The van der Waals surface area contributed by atoms with E-state index in [1.807, 2.05) is 24.2 Å². The standard InChI is InChI=1S/C24H26N4O/c1-27-13-4-7-21(23(27)29)20-11-14-28(16-20)24-25-12-10-22(26-24)19-9-8-17-5-2-3-6-18(17)15-19/h2-3,5-6,8-10,12,15,20-21H,4,7,11,13-14,16H2,1H3. The largest absolute Gasteiger partial charge is 0.346 e. The average Bonchev–Trinajstić information content (AvgIpc) is 3.25. The van der Waals surface area contributed by atoms with Gasteiger partial charge in [-0.2, -0.15) is 0 Å². The molecular weight excluding hydrogens is 360 g/mol. The summed E-state index contributed by atoms with van der Waals surface area (Å²) in [5.41, 5.74) is 2.05. The normalized spacial score (nSPS) is 22.4. The van der Waals surface area contributed by atoms with Crippen LogP contribution in [0.5, 0.6) is 0 Å². The first-order valence-corrected chi connectivity index (χ1v) is 10.5. The van der Waals surface area contributed by atoms with Crippen molar-refractivity contribution in [2.75, 3.05) is 31.6 Å². The van der Waals surface area contributed by atoms with Crippen molar-refractivity contribution >= 4 is 22.6 Å². The van der Waals surface area contributed by atoms with Gasteiger partial charge in [-0.3, -0.25) is 4.79 Å². The Balaban J connectivity index is 1.36. The van der Waals surface area contributed by atoms with Crippen LogP contribution in [0.3, 0.4) is 0 Å². The minimum atomic E-state index is 0.155. The summed E-state index contributed by atoms with van der Waals surface area (Å²) in [5, 5.41) is 2.45. The molecule has 0 N–H and O–H groups in total. The van der Waals surface area contributed by atoms with Gasteiger partial charge in [0.2, 0.25) is 11.9 Å². The third-order valence-corrected chi connectivity index (χ3v) is 6.47. The third-order valence-electron chi connectivity index (χ3n) is 6.47. The highest BCUT2D eigenvalue weighted by Crippen LogP contribution is 2.33. The van der Waals surface area contributed by atoms with Crippen LogP contribution in [0.15, 0.2) is 54.7 Å². The SMILES string of the molecule is CN1CCCC(C2CCN(c3nccc(-c4ccc5ccccc5c4)n3)C2)C1=O. The minimum Gasteiger partial charge on any atom is -0.346 e.